The van der Waals surface area contributed by atoms with Gasteiger partial charge in [0.15, 0.2) is 0 Å². The summed E-state index contributed by atoms with van der Waals surface area (Å²) in [5.74, 6) is -1.49. The fourth-order valence-electron chi connectivity index (χ4n) is 1.73. The minimum absolute atomic E-state index is 0.362. The van der Waals surface area contributed by atoms with E-state index >= 15 is 0 Å². The fraction of sp³-hybridized carbons (Fsp3) is 0.429. The Balaban J connectivity index is 2.97. The summed E-state index contributed by atoms with van der Waals surface area (Å²) < 4.78 is 0. The van der Waals surface area contributed by atoms with E-state index in [1.165, 1.54) is 6.07 Å². The highest BCUT2D eigenvalue weighted by atomic mass is 35.5. The van der Waals surface area contributed by atoms with Crippen molar-refractivity contribution in [2.75, 3.05) is 0 Å². The molecule has 5 heteroatoms. The third-order valence-electron chi connectivity index (χ3n) is 2.69. The van der Waals surface area contributed by atoms with Crippen molar-refractivity contribution >= 4 is 23.5 Å². The van der Waals surface area contributed by atoms with Gasteiger partial charge in [0.1, 0.15) is 6.04 Å². The topological polar surface area (TPSA) is 66.4 Å². The van der Waals surface area contributed by atoms with Crippen molar-refractivity contribution in [3.05, 3.63) is 34.3 Å². The zero-order valence-corrected chi connectivity index (χ0v) is 12.2. The number of aliphatic carboxylic acids is 1. The number of aryl methyl sites for hydroxylation is 1. The molecule has 1 atom stereocenters. The van der Waals surface area contributed by atoms with Gasteiger partial charge < -0.3 is 10.4 Å². The Labute approximate surface area is 117 Å². The molecule has 19 heavy (non-hydrogen) atoms. The van der Waals surface area contributed by atoms with E-state index in [1.807, 2.05) is 6.92 Å². The van der Waals surface area contributed by atoms with E-state index < -0.39 is 23.3 Å². The molecular weight excluding hydrogens is 266 g/mol. The van der Waals surface area contributed by atoms with E-state index in [2.05, 4.69) is 5.32 Å². The molecule has 104 valence electrons. The van der Waals surface area contributed by atoms with E-state index in [0.29, 0.717) is 10.6 Å². The maximum Gasteiger partial charge on any atom is 0.326 e. The Morgan fingerprint density at radius 1 is 1.26 bits per heavy atom. The van der Waals surface area contributed by atoms with Crippen LogP contribution in [0.25, 0.3) is 0 Å². The van der Waals surface area contributed by atoms with Gasteiger partial charge in [-0.15, -0.1) is 0 Å². The van der Waals surface area contributed by atoms with Gasteiger partial charge >= 0.3 is 5.97 Å². The molecule has 0 aliphatic heterocycles. The van der Waals surface area contributed by atoms with Crippen molar-refractivity contribution in [2.24, 2.45) is 5.41 Å². The lowest BCUT2D eigenvalue weighted by atomic mass is 9.86. The highest BCUT2D eigenvalue weighted by Gasteiger charge is 2.32. The Morgan fingerprint density at radius 3 is 2.26 bits per heavy atom. The molecule has 0 aliphatic carbocycles. The van der Waals surface area contributed by atoms with Gasteiger partial charge in [0.2, 0.25) is 0 Å². The van der Waals surface area contributed by atoms with Gasteiger partial charge in [-0.1, -0.05) is 32.4 Å². The SMILES string of the molecule is Cc1cc(Cl)cc(C(=O)NC(C(=O)O)C(C)(C)C)c1. The minimum atomic E-state index is -1.06. The molecule has 0 saturated carbocycles. The summed E-state index contributed by atoms with van der Waals surface area (Å²) in [5.41, 5.74) is 0.635. The first kappa shape index (κ1) is 15.5. The summed E-state index contributed by atoms with van der Waals surface area (Å²) in [7, 11) is 0. The van der Waals surface area contributed by atoms with E-state index in [-0.39, 0.29) is 0 Å². The van der Waals surface area contributed by atoms with Crippen molar-refractivity contribution in [3.8, 4) is 0 Å². The molecule has 0 aromatic heterocycles. The molecule has 0 fully saturated rings. The summed E-state index contributed by atoms with van der Waals surface area (Å²) in [4.78, 5) is 23.3. The predicted octanol–water partition coefficient (Wildman–Crippen LogP) is 2.88. The summed E-state index contributed by atoms with van der Waals surface area (Å²) in [6.45, 7) is 7.10. The number of nitrogens with one attached hydrogen (secondary N) is 1. The normalized spacial score (nSPS) is 12.9. The first-order valence-electron chi connectivity index (χ1n) is 5.92. The maximum atomic E-state index is 12.1. The zero-order chi connectivity index (χ0) is 14.8. The second-order valence-corrected chi connectivity index (χ2v) is 6.06. The largest absolute Gasteiger partial charge is 0.480 e. The van der Waals surface area contributed by atoms with Gasteiger partial charge in [0.25, 0.3) is 5.91 Å². The Kier molecular flexibility index (Phi) is 4.58. The average molecular weight is 284 g/mol. The molecular formula is C14H18ClNO3. The molecule has 1 amide bonds. The number of hydrogen-bond acceptors (Lipinski definition) is 2. The van der Waals surface area contributed by atoms with E-state index in [4.69, 9.17) is 11.6 Å². The minimum Gasteiger partial charge on any atom is -0.480 e. The Hall–Kier alpha value is -1.55. The Bertz CT molecular complexity index is 486. The molecule has 4 nitrogen and oxygen atoms in total. The quantitative estimate of drug-likeness (QED) is 0.896. The molecule has 1 aromatic rings. The maximum absolute atomic E-state index is 12.1. The number of carbonyl (C=O) groups is 2. The highest BCUT2D eigenvalue weighted by Crippen LogP contribution is 2.21. The monoisotopic (exact) mass is 283 g/mol. The molecule has 2 N–H and O–H groups in total. The molecule has 1 unspecified atom stereocenters. The van der Waals surface area contributed by atoms with Crippen LogP contribution in [0.15, 0.2) is 18.2 Å². The molecule has 1 rings (SSSR count). The molecule has 0 aliphatic rings. The first-order valence-corrected chi connectivity index (χ1v) is 6.30. The van der Waals surface area contributed by atoms with Crippen molar-refractivity contribution in [1.29, 1.82) is 0 Å². The lowest BCUT2D eigenvalue weighted by molar-refractivity contribution is -0.142. The molecule has 0 heterocycles. The second kappa shape index (κ2) is 5.61. The van der Waals surface area contributed by atoms with Crippen molar-refractivity contribution < 1.29 is 14.7 Å². The van der Waals surface area contributed by atoms with Crippen LogP contribution in [0.4, 0.5) is 0 Å². The van der Waals surface area contributed by atoms with Crippen LogP contribution in [0.3, 0.4) is 0 Å². The number of benzene rings is 1. The first-order chi connectivity index (χ1) is 8.61. The van der Waals surface area contributed by atoms with Gasteiger partial charge in [0.05, 0.1) is 0 Å². The molecule has 0 spiro atoms. The van der Waals surface area contributed by atoms with Crippen molar-refractivity contribution in [2.45, 2.75) is 33.7 Å². The van der Waals surface area contributed by atoms with E-state index in [0.717, 1.165) is 5.56 Å². The second-order valence-electron chi connectivity index (χ2n) is 5.63. The van der Waals surface area contributed by atoms with Crippen LogP contribution >= 0.6 is 11.6 Å². The van der Waals surface area contributed by atoms with Gasteiger partial charge in [0, 0.05) is 10.6 Å². The van der Waals surface area contributed by atoms with Gasteiger partial charge in [-0.25, -0.2) is 4.79 Å². The number of hydrogen-bond donors (Lipinski definition) is 2. The third-order valence-corrected chi connectivity index (χ3v) is 2.91. The number of carbonyl (C=O) groups excluding carboxylic acids is 1. The van der Waals surface area contributed by atoms with Crippen LogP contribution in [0, 0.1) is 12.3 Å². The number of amides is 1. The molecule has 0 saturated heterocycles. The van der Waals surface area contributed by atoms with Crippen LogP contribution in [0.5, 0.6) is 0 Å². The summed E-state index contributed by atoms with van der Waals surface area (Å²) >= 11 is 5.89. The lowest BCUT2D eigenvalue weighted by Crippen LogP contribution is -2.49. The predicted molar refractivity (Wildman–Crippen MR) is 74.5 cm³/mol. The van der Waals surface area contributed by atoms with E-state index in [1.54, 1.807) is 32.9 Å². The lowest BCUT2D eigenvalue weighted by Gasteiger charge is -2.27. The highest BCUT2D eigenvalue weighted by molar-refractivity contribution is 6.31. The summed E-state index contributed by atoms with van der Waals surface area (Å²) in [6, 6.07) is 3.96. The number of carboxylic acids is 1. The third kappa shape index (κ3) is 4.24. The van der Waals surface area contributed by atoms with Crippen LogP contribution in [0.2, 0.25) is 5.02 Å². The molecule has 0 radical (unpaired) electrons. The molecule has 0 bridgehead atoms. The van der Waals surface area contributed by atoms with Crippen LogP contribution in [-0.2, 0) is 4.79 Å². The van der Waals surface area contributed by atoms with Crippen LogP contribution < -0.4 is 5.32 Å². The van der Waals surface area contributed by atoms with Crippen molar-refractivity contribution in [1.82, 2.24) is 5.32 Å². The summed E-state index contributed by atoms with van der Waals surface area (Å²) in [5, 5.41) is 12.2. The van der Waals surface area contributed by atoms with Crippen LogP contribution in [0.1, 0.15) is 36.7 Å². The summed E-state index contributed by atoms with van der Waals surface area (Å²) in [6.07, 6.45) is 0. The number of halogens is 1. The van der Waals surface area contributed by atoms with Crippen molar-refractivity contribution in [3.63, 3.8) is 0 Å². The number of rotatable bonds is 3. The Morgan fingerprint density at radius 2 is 1.84 bits per heavy atom. The smallest absolute Gasteiger partial charge is 0.326 e. The molecule has 1 aromatic carbocycles. The van der Waals surface area contributed by atoms with Gasteiger partial charge in [-0.2, -0.15) is 0 Å². The van der Waals surface area contributed by atoms with Crippen LogP contribution in [-0.4, -0.2) is 23.0 Å². The number of carboxylic acid groups (broad SMARTS) is 1. The fourth-order valence-corrected chi connectivity index (χ4v) is 2.02. The van der Waals surface area contributed by atoms with E-state index in [9.17, 15) is 14.7 Å². The van der Waals surface area contributed by atoms with Gasteiger partial charge in [-0.3, -0.25) is 4.79 Å². The van der Waals surface area contributed by atoms with Gasteiger partial charge in [-0.05, 0) is 36.1 Å². The average Bonchev–Trinajstić information content (AvgIpc) is 2.21. The standard InChI is InChI=1S/C14H18ClNO3/c1-8-5-9(7-10(15)6-8)12(17)16-11(13(18)19)14(2,3)4/h5-7,11H,1-4H3,(H,16,17)(H,18,19). The zero-order valence-electron chi connectivity index (χ0n) is 11.5.